The van der Waals surface area contributed by atoms with Crippen LogP contribution in [0.4, 0.5) is 5.69 Å². The van der Waals surface area contributed by atoms with E-state index in [2.05, 4.69) is 4.98 Å². The summed E-state index contributed by atoms with van der Waals surface area (Å²) in [6, 6.07) is 10.4. The number of para-hydroxylation sites is 1. The zero-order valence-corrected chi connectivity index (χ0v) is 15.3. The van der Waals surface area contributed by atoms with Gasteiger partial charge in [0.1, 0.15) is 5.01 Å². The fourth-order valence-corrected chi connectivity index (χ4v) is 3.91. The van der Waals surface area contributed by atoms with E-state index in [1.54, 1.807) is 6.08 Å². The highest BCUT2D eigenvalue weighted by atomic mass is 32.1. The second kappa shape index (κ2) is 7.28. The topological polar surface area (TPSA) is 112 Å². The van der Waals surface area contributed by atoms with Crippen molar-refractivity contribution < 1.29 is 24.3 Å². The van der Waals surface area contributed by atoms with E-state index in [9.17, 15) is 14.9 Å². The van der Waals surface area contributed by atoms with Gasteiger partial charge in [0, 0.05) is 6.42 Å². The van der Waals surface area contributed by atoms with E-state index in [0.29, 0.717) is 27.6 Å². The normalized spacial score (nSPS) is 13.1. The van der Waals surface area contributed by atoms with Crippen LogP contribution in [0.2, 0.25) is 0 Å². The second-order valence-corrected chi connectivity index (χ2v) is 7.10. The summed E-state index contributed by atoms with van der Waals surface area (Å²) in [6.07, 6.45) is 1.70. The Kier molecular flexibility index (Phi) is 4.66. The molecular weight excluding hydrogens is 384 g/mol. The number of fused-ring (bicyclic) bond motifs is 2. The maximum Gasteiger partial charge on any atom is 0.303 e. The molecule has 0 saturated carbocycles. The van der Waals surface area contributed by atoms with Gasteiger partial charge in [-0.1, -0.05) is 12.1 Å². The Morgan fingerprint density at radius 3 is 2.71 bits per heavy atom. The van der Waals surface area contributed by atoms with Gasteiger partial charge in [-0.25, -0.2) is 4.98 Å². The van der Waals surface area contributed by atoms with Crippen molar-refractivity contribution in [2.75, 3.05) is 6.79 Å². The first-order valence-corrected chi connectivity index (χ1v) is 9.19. The van der Waals surface area contributed by atoms with Gasteiger partial charge in [-0.3, -0.25) is 14.9 Å². The highest BCUT2D eigenvalue weighted by Gasteiger charge is 2.23. The molecule has 0 aliphatic carbocycles. The minimum absolute atomic E-state index is 0.00337. The summed E-state index contributed by atoms with van der Waals surface area (Å²) in [5.74, 6) is -0.221. The van der Waals surface area contributed by atoms with Crippen molar-refractivity contribution >= 4 is 44.9 Å². The number of benzene rings is 2. The molecule has 1 aliphatic rings. The lowest BCUT2D eigenvalue weighted by atomic mass is 10.0. The van der Waals surface area contributed by atoms with Crippen LogP contribution in [0, 0.1) is 10.1 Å². The molecule has 1 N–H and O–H groups in total. The lowest BCUT2D eigenvalue weighted by Crippen LogP contribution is -1.97. The maximum atomic E-state index is 11.5. The van der Waals surface area contributed by atoms with Gasteiger partial charge in [0.2, 0.25) is 6.79 Å². The number of rotatable bonds is 6. The van der Waals surface area contributed by atoms with Crippen LogP contribution in [0.25, 0.3) is 21.9 Å². The van der Waals surface area contributed by atoms with E-state index in [1.807, 2.05) is 24.3 Å². The number of carboxylic acid groups (broad SMARTS) is 1. The molecule has 0 saturated heterocycles. The average Bonchev–Trinajstić information content (AvgIpc) is 3.29. The average molecular weight is 398 g/mol. The van der Waals surface area contributed by atoms with Crippen LogP contribution in [-0.2, 0) is 4.79 Å². The Bertz CT molecular complexity index is 1090. The van der Waals surface area contributed by atoms with Crippen LogP contribution in [0.15, 0.2) is 36.4 Å². The molecule has 2 aromatic carbocycles. The molecule has 0 amide bonds. The van der Waals surface area contributed by atoms with Crippen LogP contribution in [0.3, 0.4) is 0 Å². The molecule has 2 heterocycles. The fourth-order valence-electron chi connectivity index (χ4n) is 2.90. The van der Waals surface area contributed by atoms with Crippen LogP contribution in [-0.4, -0.2) is 27.8 Å². The Morgan fingerprint density at radius 1 is 1.25 bits per heavy atom. The van der Waals surface area contributed by atoms with Crippen LogP contribution in [0.5, 0.6) is 11.5 Å². The number of nitrogens with zero attached hydrogens (tertiary/aromatic N) is 2. The predicted octanol–water partition coefficient (Wildman–Crippen LogP) is 4.34. The summed E-state index contributed by atoms with van der Waals surface area (Å²) in [4.78, 5) is 26.7. The van der Waals surface area contributed by atoms with Gasteiger partial charge < -0.3 is 14.6 Å². The van der Waals surface area contributed by atoms with Crippen molar-refractivity contribution in [1.29, 1.82) is 0 Å². The summed E-state index contributed by atoms with van der Waals surface area (Å²) >= 11 is 1.42. The van der Waals surface area contributed by atoms with E-state index in [-0.39, 0.29) is 25.3 Å². The van der Waals surface area contributed by atoms with Crippen LogP contribution < -0.4 is 9.47 Å². The van der Waals surface area contributed by atoms with E-state index in [4.69, 9.17) is 14.6 Å². The van der Waals surface area contributed by atoms with Gasteiger partial charge in [-0.05, 0) is 36.3 Å². The molecule has 0 fully saturated rings. The van der Waals surface area contributed by atoms with E-state index < -0.39 is 10.9 Å². The zero-order chi connectivity index (χ0) is 19.7. The van der Waals surface area contributed by atoms with Gasteiger partial charge >= 0.3 is 5.97 Å². The Labute approximate surface area is 162 Å². The molecule has 0 unspecified atom stereocenters. The highest BCUT2D eigenvalue weighted by Crippen LogP contribution is 2.40. The number of ether oxygens (including phenoxy) is 2. The molecule has 0 atom stereocenters. The highest BCUT2D eigenvalue weighted by molar-refractivity contribution is 7.19. The van der Waals surface area contributed by atoms with Crippen molar-refractivity contribution in [1.82, 2.24) is 4.98 Å². The van der Waals surface area contributed by atoms with Gasteiger partial charge in [-0.2, -0.15) is 0 Å². The molecule has 1 aliphatic heterocycles. The maximum absolute atomic E-state index is 11.5. The standard InChI is InChI=1S/C19H14N2O6S/c22-18(23)6-5-11(19-20-13-3-1-2-4-17(13)28-19)7-12-8-15-16(27-10-26-15)9-14(12)21(24)25/h1-4,7-9H,5-6,10H2,(H,22,23)/b11-7+. The van der Waals surface area contributed by atoms with Crippen molar-refractivity contribution in [2.24, 2.45) is 0 Å². The Balaban J connectivity index is 1.83. The number of allylic oxidation sites excluding steroid dienone is 1. The third-order valence-corrected chi connectivity index (χ3v) is 5.34. The largest absolute Gasteiger partial charge is 0.481 e. The number of nitro benzene ring substituents is 1. The van der Waals surface area contributed by atoms with Crippen LogP contribution in [0.1, 0.15) is 23.4 Å². The third kappa shape index (κ3) is 3.52. The molecule has 1 aromatic heterocycles. The van der Waals surface area contributed by atoms with Crippen molar-refractivity contribution in [3.8, 4) is 11.5 Å². The molecular formula is C19H14N2O6S. The smallest absolute Gasteiger partial charge is 0.303 e. The molecule has 0 radical (unpaired) electrons. The third-order valence-electron chi connectivity index (χ3n) is 4.23. The monoisotopic (exact) mass is 398 g/mol. The first-order chi connectivity index (χ1) is 13.5. The predicted molar refractivity (Wildman–Crippen MR) is 104 cm³/mol. The quantitative estimate of drug-likeness (QED) is 0.485. The molecule has 0 bridgehead atoms. The van der Waals surface area contributed by atoms with Gasteiger partial charge in [-0.15, -0.1) is 11.3 Å². The lowest BCUT2D eigenvalue weighted by molar-refractivity contribution is -0.385. The number of nitro groups is 1. The summed E-state index contributed by atoms with van der Waals surface area (Å²) in [6.45, 7) is 0.00337. The van der Waals surface area contributed by atoms with E-state index in [0.717, 1.165) is 10.2 Å². The molecule has 28 heavy (non-hydrogen) atoms. The van der Waals surface area contributed by atoms with Crippen LogP contribution >= 0.6 is 11.3 Å². The van der Waals surface area contributed by atoms with Crippen molar-refractivity contribution in [2.45, 2.75) is 12.8 Å². The second-order valence-electron chi connectivity index (χ2n) is 6.07. The minimum Gasteiger partial charge on any atom is -0.481 e. The fraction of sp³-hybridized carbons (Fsp3) is 0.158. The van der Waals surface area contributed by atoms with E-state index in [1.165, 1.54) is 23.5 Å². The zero-order valence-electron chi connectivity index (χ0n) is 14.5. The first kappa shape index (κ1) is 17.9. The van der Waals surface area contributed by atoms with Gasteiger partial charge in [0.05, 0.1) is 26.8 Å². The molecule has 9 heteroatoms. The SMILES string of the molecule is O=C(O)CC/C(=C\c1cc2c(cc1[N+](=O)[O-])OCO2)c1nc2ccccc2s1. The minimum atomic E-state index is -0.952. The summed E-state index contributed by atoms with van der Waals surface area (Å²) < 4.78 is 11.5. The number of carbonyl (C=O) groups is 1. The van der Waals surface area contributed by atoms with Gasteiger partial charge in [0.25, 0.3) is 5.69 Å². The molecule has 3 aromatic rings. The number of hydrogen-bond donors (Lipinski definition) is 1. The molecule has 0 spiro atoms. The molecule has 8 nitrogen and oxygen atoms in total. The number of thiazole rings is 1. The number of aliphatic carboxylic acids is 1. The van der Waals surface area contributed by atoms with Crippen molar-refractivity contribution in [3.05, 3.63) is 57.1 Å². The number of carboxylic acids is 1. The summed E-state index contributed by atoms with van der Waals surface area (Å²) in [7, 11) is 0. The Hall–Kier alpha value is -3.46. The molecule has 142 valence electrons. The number of aromatic nitrogens is 1. The first-order valence-electron chi connectivity index (χ1n) is 8.37. The Morgan fingerprint density at radius 2 is 2.00 bits per heavy atom. The number of hydrogen-bond acceptors (Lipinski definition) is 7. The van der Waals surface area contributed by atoms with E-state index >= 15 is 0 Å². The molecule has 4 rings (SSSR count). The van der Waals surface area contributed by atoms with Crippen molar-refractivity contribution in [3.63, 3.8) is 0 Å². The summed E-state index contributed by atoms with van der Waals surface area (Å²) in [5.41, 5.74) is 1.58. The van der Waals surface area contributed by atoms with Gasteiger partial charge in [0.15, 0.2) is 11.5 Å². The lowest BCUT2D eigenvalue weighted by Gasteiger charge is -2.05. The summed E-state index contributed by atoms with van der Waals surface area (Å²) in [5, 5.41) is 21.2.